The molecule has 1 aliphatic carbocycles. The van der Waals surface area contributed by atoms with Crippen LogP contribution >= 0.6 is 0 Å². The second kappa shape index (κ2) is 17.9. The minimum atomic E-state index is -0.834. The van der Waals surface area contributed by atoms with Gasteiger partial charge in [-0.2, -0.15) is 0 Å². The molecule has 6 aromatic rings. The first-order chi connectivity index (χ1) is 31.7. The lowest BCUT2D eigenvalue weighted by Crippen LogP contribution is -2.57. The molecule has 1 spiro atoms. The van der Waals surface area contributed by atoms with Gasteiger partial charge in [0, 0.05) is 38.4 Å². The van der Waals surface area contributed by atoms with Crippen LogP contribution < -0.4 is 5.32 Å². The number of carbonyl (C=O) groups is 3. The molecular formula is C52H57N9O4. The van der Waals surface area contributed by atoms with Crippen molar-refractivity contribution in [1.82, 2.24) is 44.9 Å². The molecule has 334 valence electrons. The number of aromatic amines is 2. The Morgan fingerprint density at radius 3 is 1.78 bits per heavy atom. The molecule has 1 saturated carbocycles. The van der Waals surface area contributed by atoms with Crippen molar-refractivity contribution in [1.29, 1.82) is 0 Å². The summed E-state index contributed by atoms with van der Waals surface area (Å²) in [7, 11) is 6.00. The summed E-state index contributed by atoms with van der Waals surface area (Å²) in [6.07, 6.45) is 8.52. The van der Waals surface area contributed by atoms with Crippen LogP contribution in [0.15, 0.2) is 122 Å². The Hall–Kier alpha value is -6.41. The monoisotopic (exact) mass is 871 g/mol. The molecule has 13 heteroatoms. The van der Waals surface area contributed by atoms with Crippen LogP contribution in [-0.4, -0.2) is 110 Å². The van der Waals surface area contributed by atoms with Crippen molar-refractivity contribution >= 4 is 17.7 Å². The van der Waals surface area contributed by atoms with Gasteiger partial charge in [-0.1, -0.05) is 109 Å². The second-order valence-electron chi connectivity index (χ2n) is 18.4. The zero-order valence-electron chi connectivity index (χ0n) is 37.3. The largest absolute Gasteiger partial charge is 0.353 e. The van der Waals surface area contributed by atoms with Gasteiger partial charge in [-0.3, -0.25) is 24.2 Å². The van der Waals surface area contributed by atoms with Crippen molar-refractivity contribution in [2.24, 2.45) is 5.92 Å². The fourth-order valence-electron chi connectivity index (χ4n) is 10.0. The van der Waals surface area contributed by atoms with Crippen LogP contribution in [0.2, 0.25) is 0 Å². The maximum atomic E-state index is 14.9. The van der Waals surface area contributed by atoms with Gasteiger partial charge in [0.25, 0.3) is 5.91 Å². The third-order valence-electron chi connectivity index (χ3n) is 13.8. The Balaban J connectivity index is 0.841. The fraction of sp³-hybridized carbons (Fsp3) is 0.365. The number of hydrogen-bond acceptors (Lipinski definition) is 8. The number of H-pyrrole nitrogens is 2. The van der Waals surface area contributed by atoms with Gasteiger partial charge in [0.15, 0.2) is 0 Å². The van der Waals surface area contributed by atoms with E-state index in [1.165, 1.54) is 0 Å². The number of nitrogens with zero attached hydrogens (tertiary/aromatic N) is 6. The molecule has 3 amide bonds. The molecule has 4 aliphatic rings. The standard InChI is InChI=1S/C52H57N9O4/c1-58(2)46(39-13-8-5-9-14-39)51(64)60-28-10-15-43(60)47-53-31-41(55-47)36-20-16-34(17-21-36)35-18-22-37(23-19-35)42-32-54-48(56-42)44-33-65-52(26-29-59(3)30-27-52)61(44)50(63)45(38-11-6-4-7-12-38)57-49(62)40-24-25-40/h4-9,11-14,16-23,31-32,40,43-46H,10,15,24-30,33H2,1-3H3,(H,53,55)(H,54,56)(H,57,62). The van der Waals surface area contributed by atoms with Gasteiger partial charge in [0.1, 0.15) is 35.5 Å². The predicted octanol–water partition coefficient (Wildman–Crippen LogP) is 7.69. The van der Waals surface area contributed by atoms with E-state index in [4.69, 9.17) is 14.7 Å². The predicted molar refractivity (Wildman–Crippen MR) is 249 cm³/mol. The summed E-state index contributed by atoms with van der Waals surface area (Å²) in [5.41, 5.74) is 6.84. The highest BCUT2D eigenvalue weighted by molar-refractivity contribution is 5.91. The van der Waals surface area contributed by atoms with Crippen LogP contribution in [0.4, 0.5) is 0 Å². The molecule has 10 rings (SSSR count). The lowest BCUT2D eigenvalue weighted by atomic mass is 9.95. The van der Waals surface area contributed by atoms with Crippen molar-refractivity contribution in [2.45, 2.75) is 68.4 Å². The molecule has 3 saturated heterocycles. The van der Waals surface area contributed by atoms with E-state index in [0.717, 1.165) is 89.4 Å². The Morgan fingerprint density at radius 1 is 0.692 bits per heavy atom. The SMILES string of the molecule is CN1CCC2(CC1)OCC(c1ncc(-c3ccc(-c4ccc(-c5cnc(C6CCCN6C(=O)C(c6ccccc6)N(C)C)[nH]5)cc4)cc3)[nH]1)N2C(=O)C(NC(=O)C1CC1)c1ccccc1. The van der Waals surface area contributed by atoms with E-state index in [9.17, 15) is 14.4 Å². The zero-order chi connectivity index (χ0) is 44.7. The average Bonchev–Trinajstić information content (AvgIpc) is 3.69. The van der Waals surface area contributed by atoms with Crippen LogP contribution in [-0.2, 0) is 19.1 Å². The normalized spacial score (nSPS) is 20.6. The zero-order valence-corrected chi connectivity index (χ0v) is 37.3. The number of carbonyl (C=O) groups excluding carboxylic acids is 3. The Morgan fingerprint density at radius 2 is 1.23 bits per heavy atom. The topological polar surface area (TPSA) is 143 Å². The fourth-order valence-corrected chi connectivity index (χ4v) is 10.0. The molecule has 5 heterocycles. The van der Waals surface area contributed by atoms with E-state index in [-0.39, 0.29) is 35.7 Å². The number of amides is 3. The van der Waals surface area contributed by atoms with Crippen molar-refractivity contribution in [3.63, 3.8) is 0 Å². The van der Waals surface area contributed by atoms with Gasteiger partial charge in [-0.25, -0.2) is 9.97 Å². The summed E-state index contributed by atoms with van der Waals surface area (Å²) in [5.74, 6) is 1.27. The number of likely N-dealkylation sites (tertiary alicyclic amines) is 2. The van der Waals surface area contributed by atoms with Gasteiger partial charge in [-0.05, 0) is 80.2 Å². The van der Waals surface area contributed by atoms with E-state index in [2.05, 4.69) is 75.8 Å². The van der Waals surface area contributed by atoms with E-state index in [0.29, 0.717) is 31.8 Å². The third kappa shape index (κ3) is 8.51. The minimum absolute atomic E-state index is 0.0397. The number of aromatic nitrogens is 4. The van der Waals surface area contributed by atoms with Crippen LogP contribution in [0, 0.1) is 5.92 Å². The molecule has 4 fully saturated rings. The number of benzene rings is 4. The van der Waals surface area contributed by atoms with Gasteiger partial charge >= 0.3 is 0 Å². The average molecular weight is 872 g/mol. The second-order valence-corrected chi connectivity index (χ2v) is 18.4. The molecule has 13 nitrogen and oxygen atoms in total. The maximum absolute atomic E-state index is 14.9. The summed E-state index contributed by atoms with van der Waals surface area (Å²) in [4.78, 5) is 67.0. The van der Waals surface area contributed by atoms with Crippen molar-refractivity contribution in [2.75, 3.05) is 47.4 Å². The van der Waals surface area contributed by atoms with Gasteiger partial charge in [0.2, 0.25) is 11.8 Å². The third-order valence-corrected chi connectivity index (χ3v) is 13.8. The molecule has 2 aromatic heterocycles. The van der Waals surface area contributed by atoms with Crippen molar-refractivity contribution in [3.8, 4) is 33.6 Å². The van der Waals surface area contributed by atoms with Crippen molar-refractivity contribution < 1.29 is 19.1 Å². The van der Waals surface area contributed by atoms with E-state index >= 15 is 0 Å². The quantitative estimate of drug-likeness (QED) is 0.114. The Kier molecular flexibility index (Phi) is 11.7. The number of rotatable bonds is 12. The van der Waals surface area contributed by atoms with Gasteiger partial charge in [0.05, 0.1) is 36.4 Å². The molecular weight excluding hydrogens is 815 g/mol. The van der Waals surface area contributed by atoms with Crippen LogP contribution in [0.25, 0.3) is 33.6 Å². The first-order valence-corrected chi connectivity index (χ1v) is 23.0. The summed E-state index contributed by atoms with van der Waals surface area (Å²) >= 11 is 0. The van der Waals surface area contributed by atoms with Gasteiger partial charge in [-0.15, -0.1) is 0 Å². The lowest BCUT2D eigenvalue weighted by Gasteiger charge is -2.44. The number of likely N-dealkylation sites (N-methyl/N-ethyl adjacent to an activating group) is 1. The molecule has 0 radical (unpaired) electrons. The maximum Gasteiger partial charge on any atom is 0.252 e. The molecule has 4 atom stereocenters. The number of nitrogens with one attached hydrogen (secondary N) is 3. The van der Waals surface area contributed by atoms with E-state index in [1.807, 2.05) is 102 Å². The molecule has 4 aromatic carbocycles. The van der Waals surface area contributed by atoms with Gasteiger partial charge < -0.3 is 29.8 Å². The highest BCUT2D eigenvalue weighted by Gasteiger charge is 2.54. The summed E-state index contributed by atoms with van der Waals surface area (Å²) in [6.45, 7) is 2.59. The number of piperidine rings is 1. The van der Waals surface area contributed by atoms with Crippen LogP contribution in [0.5, 0.6) is 0 Å². The van der Waals surface area contributed by atoms with Crippen molar-refractivity contribution in [3.05, 3.63) is 144 Å². The molecule has 3 N–H and O–H groups in total. The smallest absolute Gasteiger partial charge is 0.252 e. The molecule has 65 heavy (non-hydrogen) atoms. The number of imidazole rings is 2. The molecule has 4 unspecified atom stereocenters. The van der Waals surface area contributed by atoms with E-state index < -0.39 is 17.8 Å². The number of ether oxygens (including phenoxy) is 1. The highest BCUT2D eigenvalue weighted by Crippen LogP contribution is 2.45. The minimum Gasteiger partial charge on any atom is -0.353 e. The summed E-state index contributed by atoms with van der Waals surface area (Å²) in [5, 5.41) is 3.12. The van der Waals surface area contributed by atoms with Crippen LogP contribution in [0.1, 0.15) is 85.5 Å². The first-order valence-electron chi connectivity index (χ1n) is 23.0. The number of hydrogen-bond donors (Lipinski definition) is 3. The lowest BCUT2D eigenvalue weighted by molar-refractivity contribution is -0.163. The Labute approximate surface area is 380 Å². The first kappa shape index (κ1) is 42.5. The van der Waals surface area contributed by atoms with E-state index in [1.54, 1.807) is 0 Å². The summed E-state index contributed by atoms with van der Waals surface area (Å²) < 4.78 is 6.65. The summed E-state index contributed by atoms with van der Waals surface area (Å²) in [6, 6.07) is 34.6. The van der Waals surface area contributed by atoms with Crippen LogP contribution in [0.3, 0.4) is 0 Å². The highest BCUT2D eigenvalue weighted by atomic mass is 16.5. The molecule has 3 aliphatic heterocycles. The Bertz CT molecular complexity index is 2620. The molecule has 0 bridgehead atoms.